The first-order chi connectivity index (χ1) is 14.2. The van der Waals surface area contributed by atoms with Gasteiger partial charge in [-0.2, -0.15) is 0 Å². The Morgan fingerprint density at radius 2 is 1.66 bits per heavy atom. The molecule has 5 nitrogen and oxygen atoms in total. The molecule has 1 atom stereocenters. The highest BCUT2D eigenvalue weighted by molar-refractivity contribution is 6.04. The van der Waals surface area contributed by atoms with Crippen molar-refractivity contribution in [2.24, 2.45) is 0 Å². The van der Waals surface area contributed by atoms with Crippen LogP contribution in [0.25, 0.3) is 0 Å². The smallest absolute Gasteiger partial charge is 0.255 e. The van der Waals surface area contributed by atoms with Crippen molar-refractivity contribution in [1.29, 1.82) is 0 Å². The highest BCUT2D eigenvalue weighted by Crippen LogP contribution is 2.32. The van der Waals surface area contributed by atoms with Crippen molar-refractivity contribution in [2.45, 2.75) is 19.5 Å². The standard InChI is InChI=1S/C24H24N2O3/c1-17(20-11-12-22-23(15-20)29-14-13-28-22)25-16-18-7-9-19(10-8-18)24(27)26-21-5-3-2-4-6-21/h2-12,15,17,25H,13-14,16H2,1H3,(H,26,27). The van der Waals surface area contributed by atoms with Gasteiger partial charge in [0.25, 0.3) is 5.91 Å². The summed E-state index contributed by atoms with van der Waals surface area (Å²) < 4.78 is 11.2. The average Bonchev–Trinajstić information content (AvgIpc) is 2.78. The van der Waals surface area contributed by atoms with E-state index in [1.807, 2.05) is 66.7 Å². The molecular weight excluding hydrogens is 364 g/mol. The maximum absolute atomic E-state index is 12.3. The first-order valence-corrected chi connectivity index (χ1v) is 9.77. The minimum Gasteiger partial charge on any atom is -0.486 e. The van der Waals surface area contributed by atoms with E-state index < -0.39 is 0 Å². The van der Waals surface area contributed by atoms with Gasteiger partial charge in [0.05, 0.1) is 0 Å². The molecule has 0 aromatic heterocycles. The van der Waals surface area contributed by atoms with Gasteiger partial charge >= 0.3 is 0 Å². The summed E-state index contributed by atoms with van der Waals surface area (Å²) in [5, 5.41) is 6.41. The molecule has 0 spiro atoms. The van der Waals surface area contributed by atoms with Crippen molar-refractivity contribution in [3.05, 3.63) is 89.5 Å². The molecule has 1 unspecified atom stereocenters. The summed E-state index contributed by atoms with van der Waals surface area (Å²) in [6.07, 6.45) is 0. The van der Waals surface area contributed by atoms with Crippen LogP contribution in [0.1, 0.15) is 34.5 Å². The lowest BCUT2D eigenvalue weighted by Gasteiger charge is -2.21. The van der Waals surface area contributed by atoms with E-state index in [4.69, 9.17) is 9.47 Å². The van der Waals surface area contributed by atoms with Gasteiger partial charge in [-0.1, -0.05) is 36.4 Å². The molecule has 0 aliphatic carbocycles. The molecule has 0 saturated carbocycles. The van der Waals surface area contributed by atoms with E-state index in [-0.39, 0.29) is 11.9 Å². The first kappa shape index (κ1) is 19.0. The number of hydrogen-bond acceptors (Lipinski definition) is 4. The second-order valence-electron chi connectivity index (χ2n) is 7.02. The quantitative estimate of drug-likeness (QED) is 0.650. The second kappa shape index (κ2) is 8.80. The molecule has 0 bridgehead atoms. The summed E-state index contributed by atoms with van der Waals surface area (Å²) >= 11 is 0. The Hall–Kier alpha value is -3.31. The summed E-state index contributed by atoms with van der Waals surface area (Å²) in [6.45, 7) is 4.01. The van der Waals surface area contributed by atoms with E-state index in [1.165, 1.54) is 0 Å². The van der Waals surface area contributed by atoms with Crippen LogP contribution in [0.4, 0.5) is 5.69 Å². The van der Waals surface area contributed by atoms with Crippen molar-refractivity contribution in [1.82, 2.24) is 5.32 Å². The van der Waals surface area contributed by atoms with Crippen LogP contribution in [0.15, 0.2) is 72.8 Å². The van der Waals surface area contributed by atoms with Gasteiger partial charge in [-0.15, -0.1) is 0 Å². The third kappa shape index (κ3) is 4.76. The van der Waals surface area contributed by atoms with Crippen LogP contribution in [0.2, 0.25) is 0 Å². The predicted octanol–water partition coefficient (Wildman–Crippen LogP) is 4.56. The molecule has 29 heavy (non-hydrogen) atoms. The van der Waals surface area contributed by atoms with E-state index in [2.05, 4.69) is 23.6 Å². The summed E-state index contributed by atoms with van der Waals surface area (Å²) in [5.41, 5.74) is 3.69. The zero-order chi connectivity index (χ0) is 20.1. The Labute approximate surface area is 170 Å². The summed E-state index contributed by atoms with van der Waals surface area (Å²) in [4.78, 5) is 12.3. The Morgan fingerprint density at radius 1 is 0.931 bits per heavy atom. The van der Waals surface area contributed by atoms with Gasteiger partial charge in [-0.05, 0) is 54.4 Å². The summed E-state index contributed by atoms with van der Waals surface area (Å²) in [5.74, 6) is 1.49. The van der Waals surface area contributed by atoms with Crippen molar-refractivity contribution in [2.75, 3.05) is 18.5 Å². The van der Waals surface area contributed by atoms with Crippen LogP contribution >= 0.6 is 0 Å². The van der Waals surface area contributed by atoms with E-state index in [0.29, 0.717) is 25.3 Å². The molecule has 1 aliphatic rings. The molecule has 0 radical (unpaired) electrons. The number of carbonyl (C=O) groups is 1. The lowest BCUT2D eigenvalue weighted by atomic mass is 10.1. The normalized spacial score (nSPS) is 13.6. The van der Waals surface area contributed by atoms with Crippen LogP contribution in [0.3, 0.4) is 0 Å². The van der Waals surface area contributed by atoms with Gasteiger partial charge in [0.1, 0.15) is 13.2 Å². The number of hydrogen-bond donors (Lipinski definition) is 2. The lowest BCUT2D eigenvalue weighted by molar-refractivity contribution is 0.102. The number of amides is 1. The number of nitrogens with one attached hydrogen (secondary N) is 2. The minimum atomic E-state index is -0.111. The summed E-state index contributed by atoms with van der Waals surface area (Å²) in [6, 6.07) is 23.3. The molecule has 0 fully saturated rings. The largest absolute Gasteiger partial charge is 0.486 e. The number of benzene rings is 3. The molecule has 3 aromatic rings. The van der Waals surface area contributed by atoms with Crippen molar-refractivity contribution in [3.63, 3.8) is 0 Å². The van der Waals surface area contributed by atoms with Gasteiger partial charge in [-0.3, -0.25) is 4.79 Å². The van der Waals surface area contributed by atoms with Crippen LogP contribution in [-0.2, 0) is 6.54 Å². The fourth-order valence-corrected chi connectivity index (χ4v) is 3.22. The molecule has 3 aromatic carbocycles. The van der Waals surface area contributed by atoms with E-state index in [0.717, 1.165) is 28.3 Å². The number of ether oxygens (including phenoxy) is 2. The van der Waals surface area contributed by atoms with Crippen molar-refractivity contribution < 1.29 is 14.3 Å². The molecule has 148 valence electrons. The van der Waals surface area contributed by atoms with E-state index in [1.54, 1.807) is 0 Å². The maximum Gasteiger partial charge on any atom is 0.255 e. The number of carbonyl (C=O) groups excluding carboxylic acids is 1. The first-order valence-electron chi connectivity index (χ1n) is 9.77. The number of fused-ring (bicyclic) bond motifs is 1. The van der Waals surface area contributed by atoms with Crippen LogP contribution in [-0.4, -0.2) is 19.1 Å². The molecule has 5 heteroatoms. The van der Waals surface area contributed by atoms with Gasteiger partial charge < -0.3 is 20.1 Å². The second-order valence-corrected chi connectivity index (χ2v) is 7.02. The van der Waals surface area contributed by atoms with Crippen LogP contribution < -0.4 is 20.1 Å². The van der Waals surface area contributed by atoms with Gasteiger partial charge in [0.15, 0.2) is 11.5 Å². The van der Waals surface area contributed by atoms with Crippen LogP contribution in [0, 0.1) is 0 Å². The number of rotatable bonds is 6. The Kier molecular flexibility index (Phi) is 5.77. The zero-order valence-electron chi connectivity index (χ0n) is 16.4. The minimum absolute atomic E-state index is 0.111. The molecule has 1 heterocycles. The van der Waals surface area contributed by atoms with E-state index in [9.17, 15) is 4.79 Å². The highest BCUT2D eigenvalue weighted by Gasteiger charge is 2.14. The third-order valence-corrected chi connectivity index (χ3v) is 4.93. The Balaban J connectivity index is 1.33. The fraction of sp³-hybridized carbons (Fsp3) is 0.208. The average molecular weight is 388 g/mol. The monoisotopic (exact) mass is 388 g/mol. The van der Waals surface area contributed by atoms with Crippen molar-refractivity contribution in [3.8, 4) is 11.5 Å². The van der Waals surface area contributed by atoms with Crippen molar-refractivity contribution >= 4 is 11.6 Å². The molecule has 1 amide bonds. The zero-order valence-corrected chi connectivity index (χ0v) is 16.4. The summed E-state index contributed by atoms with van der Waals surface area (Å²) in [7, 11) is 0. The topological polar surface area (TPSA) is 59.6 Å². The molecular formula is C24H24N2O3. The maximum atomic E-state index is 12.3. The number of para-hydroxylation sites is 1. The lowest BCUT2D eigenvalue weighted by Crippen LogP contribution is -2.19. The van der Waals surface area contributed by atoms with Gasteiger partial charge in [0, 0.05) is 23.8 Å². The molecule has 1 aliphatic heterocycles. The molecule has 2 N–H and O–H groups in total. The number of anilines is 1. The fourth-order valence-electron chi connectivity index (χ4n) is 3.22. The SMILES string of the molecule is CC(NCc1ccc(C(=O)Nc2ccccc2)cc1)c1ccc2c(c1)OCCO2. The van der Waals surface area contributed by atoms with E-state index >= 15 is 0 Å². The molecule has 4 rings (SSSR count). The predicted molar refractivity (Wildman–Crippen MR) is 114 cm³/mol. The van der Waals surface area contributed by atoms with Crippen LogP contribution in [0.5, 0.6) is 11.5 Å². The van der Waals surface area contributed by atoms with Gasteiger partial charge in [-0.25, -0.2) is 0 Å². The Morgan fingerprint density at radius 3 is 2.41 bits per heavy atom. The molecule has 0 saturated heterocycles. The third-order valence-electron chi connectivity index (χ3n) is 4.93. The Bertz CT molecular complexity index is 971. The van der Waals surface area contributed by atoms with Gasteiger partial charge in [0.2, 0.25) is 0 Å². The highest BCUT2D eigenvalue weighted by atomic mass is 16.6.